The first kappa shape index (κ1) is 17.5. The molecule has 0 saturated heterocycles. The first-order valence-corrected chi connectivity index (χ1v) is 8.32. The van der Waals surface area contributed by atoms with Crippen molar-refractivity contribution in [3.63, 3.8) is 0 Å². The molecule has 134 valence electrons. The van der Waals surface area contributed by atoms with Gasteiger partial charge in [-0.3, -0.25) is 9.48 Å². The Morgan fingerprint density at radius 1 is 1.32 bits per heavy atom. The summed E-state index contributed by atoms with van der Waals surface area (Å²) >= 11 is 0. The highest BCUT2D eigenvalue weighted by Gasteiger charge is 2.41. The molecule has 0 radical (unpaired) electrons. The molecule has 0 saturated carbocycles. The Balaban J connectivity index is 1.91. The summed E-state index contributed by atoms with van der Waals surface area (Å²) in [4.78, 5) is 12.6. The molecule has 1 unspecified atom stereocenters. The quantitative estimate of drug-likeness (QED) is 0.897. The van der Waals surface area contributed by atoms with E-state index >= 15 is 0 Å². The highest BCUT2D eigenvalue weighted by atomic mass is 19.4. The van der Waals surface area contributed by atoms with Crippen LogP contribution in [0.3, 0.4) is 0 Å². The van der Waals surface area contributed by atoms with Crippen LogP contribution in [0.4, 0.5) is 13.2 Å². The Morgan fingerprint density at radius 3 is 2.72 bits per heavy atom. The normalized spacial score (nSPS) is 17.4. The molecule has 1 N–H and O–H groups in total. The molecule has 4 nitrogen and oxygen atoms in total. The van der Waals surface area contributed by atoms with Crippen molar-refractivity contribution in [1.82, 2.24) is 15.1 Å². The van der Waals surface area contributed by atoms with E-state index in [2.05, 4.69) is 10.4 Å². The number of aryl methyl sites for hydroxylation is 1. The second-order valence-corrected chi connectivity index (χ2v) is 6.56. The van der Waals surface area contributed by atoms with Crippen LogP contribution in [-0.2, 0) is 12.6 Å². The number of carbonyl (C=O) groups is 1. The molecule has 2 aromatic rings. The van der Waals surface area contributed by atoms with Gasteiger partial charge in [-0.15, -0.1) is 0 Å². The first-order valence-electron chi connectivity index (χ1n) is 8.32. The van der Waals surface area contributed by atoms with Gasteiger partial charge < -0.3 is 5.32 Å². The van der Waals surface area contributed by atoms with Gasteiger partial charge in [0.05, 0.1) is 17.8 Å². The highest BCUT2D eigenvalue weighted by molar-refractivity contribution is 5.95. The Kier molecular flexibility index (Phi) is 4.58. The van der Waals surface area contributed by atoms with E-state index in [9.17, 15) is 18.0 Å². The van der Waals surface area contributed by atoms with Crippen LogP contribution in [0.1, 0.15) is 66.0 Å². The van der Waals surface area contributed by atoms with Crippen molar-refractivity contribution in [3.05, 3.63) is 52.8 Å². The van der Waals surface area contributed by atoms with Crippen molar-refractivity contribution < 1.29 is 18.0 Å². The fourth-order valence-electron chi connectivity index (χ4n) is 3.34. The van der Waals surface area contributed by atoms with Gasteiger partial charge in [0, 0.05) is 6.04 Å². The molecule has 0 bridgehead atoms. The van der Waals surface area contributed by atoms with E-state index < -0.39 is 29.4 Å². The van der Waals surface area contributed by atoms with E-state index in [0.717, 1.165) is 34.8 Å². The minimum absolute atomic E-state index is 0.277. The average Bonchev–Trinajstić information content (AvgIpc) is 3.01. The van der Waals surface area contributed by atoms with Crippen LogP contribution in [0.2, 0.25) is 0 Å². The van der Waals surface area contributed by atoms with E-state index in [1.165, 1.54) is 0 Å². The van der Waals surface area contributed by atoms with Gasteiger partial charge in [-0.05, 0) is 44.2 Å². The molecule has 1 aromatic carbocycles. The van der Waals surface area contributed by atoms with Crippen LogP contribution in [-0.4, -0.2) is 15.7 Å². The molecule has 3 rings (SSSR count). The predicted molar refractivity (Wildman–Crippen MR) is 87.2 cm³/mol. The zero-order chi connectivity index (χ0) is 18.2. The van der Waals surface area contributed by atoms with Crippen molar-refractivity contribution in [2.24, 2.45) is 0 Å². The van der Waals surface area contributed by atoms with Gasteiger partial charge in [0.15, 0.2) is 5.69 Å². The number of benzene rings is 1. The molecule has 1 atom stereocenters. The maximum atomic E-state index is 13.4. The molecule has 1 aromatic heterocycles. The molecular weight excluding hydrogens is 331 g/mol. The molecular formula is C18H20F3N3O. The van der Waals surface area contributed by atoms with Gasteiger partial charge >= 0.3 is 6.18 Å². The number of hydrogen-bond donors (Lipinski definition) is 1. The SMILES string of the molecule is CC(C)n1ncc(C(=O)NC2CCCc3ccccc32)c1C(F)(F)F. The lowest BCUT2D eigenvalue weighted by molar-refractivity contribution is -0.145. The molecule has 0 fully saturated rings. The highest BCUT2D eigenvalue weighted by Crippen LogP contribution is 2.35. The number of aromatic nitrogens is 2. The topological polar surface area (TPSA) is 46.9 Å². The lowest BCUT2D eigenvalue weighted by atomic mass is 9.87. The second-order valence-electron chi connectivity index (χ2n) is 6.56. The fraction of sp³-hybridized carbons (Fsp3) is 0.444. The zero-order valence-electron chi connectivity index (χ0n) is 14.1. The molecule has 7 heteroatoms. The van der Waals surface area contributed by atoms with Gasteiger partial charge in [0.25, 0.3) is 5.91 Å². The van der Waals surface area contributed by atoms with Crippen LogP contribution >= 0.6 is 0 Å². The van der Waals surface area contributed by atoms with Gasteiger partial charge in [0.2, 0.25) is 0 Å². The molecule has 0 aliphatic heterocycles. The molecule has 25 heavy (non-hydrogen) atoms. The van der Waals surface area contributed by atoms with Crippen molar-refractivity contribution >= 4 is 5.91 Å². The van der Waals surface area contributed by atoms with Crippen molar-refractivity contribution in [1.29, 1.82) is 0 Å². The number of halogens is 3. The third-order valence-electron chi connectivity index (χ3n) is 4.47. The van der Waals surface area contributed by atoms with E-state index in [1.807, 2.05) is 24.3 Å². The van der Waals surface area contributed by atoms with Crippen LogP contribution in [0, 0.1) is 0 Å². The summed E-state index contributed by atoms with van der Waals surface area (Å²) in [5.41, 5.74) is 0.688. The van der Waals surface area contributed by atoms with Crippen molar-refractivity contribution in [2.45, 2.75) is 51.4 Å². The maximum absolute atomic E-state index is 13.4. The Hall–Kier alpha value is -2.31. The summed E-state index contributed by atoms with van der Waals surface area (Å²) in [7, 11) is 0. The van der Waals surface area contributed by atoms with Crippen LogP contribution in [0.15, 0.2) is 30.5 Å². The van der Waals surface area contributed by atoms with Crippen LogP contribution in [0.25, 0.3) is 0 Å². The lowest BCUT2D eigenvalue weighted by Gasteiger charge is -2.26. The largest absolute Gasteiger partial charge is 0.433 e. The number of hydrogen-bond acceptors (Lipinski definition) is 2. The number of carbonyl (C=O) groups excluding carboxylic acids is 1. The molecule has 0 spiro atoms. The number of rotatable bonds is 3. The molecule has 1 amide bonds. The monoisotopic (exact) mass is 351 g/mol. The molecule has 1 aliphatic rings. The van der Waals surface area contributed by atoms with Crippen molar-refractivity contribution in [2.75, 3.05) is 0 Å². The Labute approximate surface area is 144 Å². The van der Waals surface area contributed by atoms with Gasteiger partial charge in [-0.25, -0.2) is 0 Å². The molecule has 1 heterocycles. The van der Waals surface area contributed by atoms with E-state index in [0.29, 0.717) is 6.42 Å². The number of nitrogens with one attached hydrogen (secondary N) is 1. The summed E-state index contributed by atoms with van der Waals surface area (Å²) in [6.07, 6.45) is -1.12. The smallest absolute Gasteiger partial charge is 0.345 e. The average molecular weight is 351 g/mol. The van der Waals surface area contributed by atoms with Crippen LogP contribution in [0.5, 0.6) is 0 Å². The summed E-state index contributed by atoms with van der Waals surface area (Å²) in [6, 6.07) is 6.95. The number of fused-ring (bicyclic) bond motifs is 1. The minimum atomic E-state index is -4.64. The van der Waals surface area contributed by atoms with E-state index in [1.54, 1.807) is 13.8 Å². The lowest BCUT2D eigenvalue weighted by Crippen LogP contribution is -2.32. The number of alkyl halides is 3. The van der Waals surface area contributed by atoms with Crippen molar-refractivity contribution in [3.8, 4) is 0 Å². The Morgan fingerprint density at radius 2 is 2.04 bits per heavy atom. The van der Waals surface area contributed by atoms with Gasteiger partial charge in [-0.1, -0.05) is 24.3 Å². The summed E-state index contributed by atoms with van der Waals surface area (Å²) in [5, 5.41) is 6.54. The second kappa shape index (κ2) is 6.54. The standard InChI is InChI=1S/C18H20F3N3O/c1-11(2)24-16(18(19,20)21)14(10-22-24)17(25)23-15-9-5-7-12-6-3-4-8-13(12)15/h3-4,6,8,10-11,15H,5,7,9H2,1-2H3,(H,23,25). The van der Waals surface area contributed by atoms with Gasteiger partial charge in [0.1, 0.15) is 0 Å². The number of nitrogens with zero attached hydrogens (tertiary/aromatic N) is 2. The first-order chi connectivity index (χ1) is 11.8. The predicted octanol–water partition coefficient (Wildman–Crippen LogP) is 4.29. The summed E-state index contributed by atoms with van der Waals surface area (Å²) in [5.74, 6) is -0.735. The Bertz CT molecular complexity index is 780. The third-order valence-corrected chi connectivity index (χ3v) is 4.47. The van der Waals surface area contributed by atoms with E-state index in [-0.39, 0.29) is 6.04 Å². The van der Waals surface area contributed by atoms with Gasteiger partial charge in [-0.2, -0.15) is 18.3 Å². The third kappa shape index (κ3) is 3.41. The van der Waals surface area contributed by atoms with E-state index in [4.69, 9.17) is 0 Å². The fourth-order valence-corrected chi connectivity index (χ4v) is 3.34. The minimum Gasteiger partial charge on any atom is -0.345 e. The summed E-state index contributed by atoms with van der Waals surface area (Å²) in [6.45, 7) is 3.20. The number of amides is 1. The zero-order valence-corrected chi connectivity index (χ0v) is 14.1. The summed E-state index contributed by atoms with van der Waals surface area (Å²) < 4.78 is 41.2. The maximum Gasteiger partial charge on any atom is 0.433 e. The molecule has 1 aliphatic carbocycles. The van der Waals surface area contributed by atoms with Crippen LogP contribution < -0.4 is 5.32 Å².